The average molecular weight is 330 g/mol. The molecular formula is C18H16ClNO3. The normalized spacial score (nSPS) is 9.52. The SMILES string of the molecule is COc1ccc(C#CCNC(=O)c2cc(Cl)ccc2OC)cc1. The zero-order valence-electron chi connectivity index (χ0n) is 12.9. The summed E-state index contributed by atoms with van der Waals surface area (Å²) in [7, 11) is 3.11. The van der Waals surface area contributed by atoms with E-state index in [1.807, 2.05) is 24.3 Å². The van der Waals surface area contributed by atoms with Gasteiger partial charge in [-0.05, 0) is 42.5 Å². The molecule has 1 N–H and O–H groups in total. The lowest BCUT2D eigenvalue weighted by molar-refractivity contribution is 0.0955. The highest BCUT2D eigenvalue weighted by molar-refractivity contribution is 6.31. The summed E-state index contributed by atoms with van der Waals surface area (Å²) in [4.78, 5) is 12.1. The number of carbonyl (C=O) groups is 1. The first-order chi connectivity index (χ1) is 11.1. The molecule has 0 bridgehead atoms. The van der Waals surface area contributed by atoms with Crippen LogP contribution in [0.4, 0.5) is 0 Å². The van der Waals surface area contributed by atoms with Crippen molar-refractivity contribution in [3.63, 3.8) is 0 Å². The van der Waals surface area contributed by atoms with Gasteiger partial charge in [-0.2, -0.15) is 0 Å². The monoisotopic (exact) mass is 329 g/mol. The fourth-order valence-corrected chi connectivity index (χ4v) is 2.07. The Balaban J connectivity index is 1.97. The Labute approximate surface area is 140 Å². The summed E-state index contributed by atoms with van der Waals surface area (Å²) >= 11 is 5.91. The summed E-state index contributed by atoms with van der Waals surface area (Å²) in [5, 5.41) is 3.19. The molecule has 2 aromatic carbocycles. The molecule has 0 aliphatic heterocycles. The second-order valence-corrected chi connectivity index (χ2v) is 4.99. The van der Waals surface area contributed by atoms with Gasteiger partial charge in [-0.15, -0.1) is 0 Å². The van der Waals surface area contributed by atoms with Crippen molar-refractivity contribution in [1.82, 2.24) is 5.32 Å². The molecule has 2 rings (SSSR count). The summed E-state index contributed by atoms with van der Waals surface area (Å²) in [6.07, 6.45) is 0. The molecule has 5 heteroatoms. The standard InChI is InChI=1S/C18H16ClNO3/c1-22-15-8-5-13(6-9-15)4-3-11-20-18(21)16-12-14(19)7-10-17(16)23-2/h5-10,12H,11H2,1-2H3,(H,20,21). The lowest BCUT2D eigenvalue weighted by atomic mass is 10.2. The van der Waals surface area contributed by atoms with Gasteiger partial charge in [0.2, 0.25) is 0 Å². The third-order valence-electron chi connectivity index (χ3n) is 3.07. The lowest BCUT2D eigenvalue weighted by Crippen LogP contribution is -2.24. The first kappa shape index (κ1) is 16.7. The minimum Gasteiger partial charge on any atom is -0.497 e. The molecule has 0 unspecified atom stereocenters. The zero-order valence-corrected chi connectivity index (χ0v) is 13.6. The van der Waals surface area contributed by atoms with Gasteiger partial charge in [-0.25, -0.2) is 0 Å². The molecule has 0 aromatic heterocycles. The third-order valence-corrected chi connectivity index (χ3v) is 3.30. The zero-order chi connectivity index (χ0) is 16.7. The summed E-state index contributed by atoms with van der Waals surface area (Å²) < 4.78 is 10.2. The predicted molar refractivity (Wildman–Crippen MR) is 90.2 cm³/mol. The highest BCUT2D eigenvalue weighted by atomic mass is 35.5. The molecule has 0 radical (unpaired) electrons. The van der Waals surface area contributed by atoms with Crippen molar-refractivity contribution in [2.24, 2.45) is 0 Å². The summed E-state index contributed by atoms with van der Waals surface area (Å²) in [6.45, 7) is 0.223. The fraction of sp³-hybridized carbons (Fsp3) is 0.167. The van der Waals surface area contributed by atoms with Crippen molar-refractivity contribution < 1.29 is 14.3 Å². The van der Waals surface area contributed by atoms with E-state index < -0.39 is 0 Å². The molecule has 0 fully saturated rings. The second-order valence-electron chi connectivity index (χ2n) is 4.56. The Bertz CT molecular complexity index is 745. The van der Waals surface area contributed by atoms with Gasteiger partial charge in [0.15, 0.2) is 0 Å². The first-order valence-electron chi connectivity index (χ1n) is 6.88. The van der Waals surface area contributed by atoms with Crippen LogP contribution in [0.25, 0.3) is 0 Å². The number of hydrogen-bond donors (Lipinski definition) is 1. The van der Waals surface area contributed by atoms with Gasteiger partial charge in [-0.3, -0.25) is 4.79 Å². The van der Waals surface area contributed by atoms with E-state index in [4.69, 9.17) is 21.1 Å². The Morgan fingerprint density at radius 2 is 1.87 bits per heavy atom. The van der Waals surface area contributed by atoms with Gasteiger partial charge in [0.25, 0.3) is 5.91 Å². The van der Waals surface area contributed by atoms with Crippen molar-refractivity contribution >= 4 is 17.5 Å². The van der Waals surface area contributed by atoms with E-state index in [0.717, 1.165) is 11.3 Å². The molecule has 0 spiro atoms. The van der Waals surface area contributed by atoms with Crippen molar-refractivity contribution in [1.29, 1.82) is 0 Å². The highest BCUT2D eigenvalue weighted by Gasteiger charge is 2.11. The van der Waals surface area contributed by atoms with Crippen molar-refractivity contribution in [2.75, 3.05) is 20.8 Å². The minimum absolute atomic E-state index is 0.223. The van der Waals surface area contributed by atoms with Crippen LogP contribution in [0.2, 0.25) is 5.02 Å². The van der Waals surface area contributed by atoms with Crippen LogP contribution in [-0.2, 0) is 0 Å². The molecule has 23 heavy (non-hydrogen) atoms. The molecule has 0 saturated heterocycles. The minimum atomic E-state index is -0.284. The van der Waals surface area contributed by atoms with Crippen molar-refractivity contribution in [2.45, 2.75) is 0 Å². The third kappa shape index (κ3) is 4.67. The first-order valence-corrected chi connectivity index (χ1v) is 7.26. The molecule has 0 aliphatic carbocycles. The molecule has 4 nitrogen and oxygen atoms in total. The Hall–Kier alpha value is -2.64. The van der Waals surface area contributed by atoms with Crippen molar-refractivity contribution in [3.05, 3.63) is 58.6 Å². The van der Waals surface area contributed by atoms with E-state index in [1.54, 1.807) is 25.3 Å². The van der Waals surface area contributed by atoms with Crippen molar-refractivity contribution in [3.8, 4) is 23.3 Å². The van der Waals surface area contributed by atoms with Crippen LogP contribution in [0.3, 0.4) is 0 Å². The molecule has 118 valence electrons. The molecule has 1 amide bonds. The van der Waals surface area contributed by atoms with Crippen LogP contribution in [0.1, 0.15) is 15.9 Å². The predicted octanol–water partition coefficient (Wildman–Crippen LogP) is 3.14. The molecule has 0 saturated carbocycles. The topological polar surface area (TPSA) is 47.6 Å². The molecular weight excluding hydrogens is 314 g/mol. The highest BCUT2D eigenvalue weighted by Crippen LogP contribution is 2.22. The van der Waals surface area contributed by atoms with Crippen LogP contribution >= 0.6 is 11.6 Å². The van der Waals surface area contributed by atoms with E-state index in [2.05, 4.69) is 17.2 Å². The van der Waals surface area contributed by atoms with Crippen LogP contribution in [0, 0.1) is 11.8 Å². The van der Waals surface area contributed by atoms with Gasteiger partial charge in [0.1, 0.15) is 11.5 Å². The van der Waals surface area contributed by atoms with Crippen LogP contribution in [-0.4, -0.2) is 26.7 Å². The van der Waals surface area contributed by atoms with E-state index in [9.17, 15) is 4.79 Å². The second kappa shape index (κ2) is 8.11. The Morgan fingerprint density at radius 1 is 1.13 bits per heavy atom. The van der Waals surface area contributed by atoms with E-state index in [1.165, 1.54) is 7.11 Å². The van der Waals surface area contributed by atoms with E-state index in [0.29, 0.717) is 16.3 Å². The van der Waals surface area contributed by atoms with E-state index in [-0.39, 0.29) is 12.5 Å². The van der Waals surface area contributed by atoms with Crippen LogP contribution in [0.15, 0.2) is 42.5 Å². The summed E-state index contributed by atoms with van der Waals surface area (Å²) in [5.41, 5.74) is 1.23. The maximum Gasteiger partial charge on any atom is 0.255 e. The largest absolute Gasteiger partial charge is 0.497 e. The Morgan fingerprint density at radius 3 is 2.52 bits per heavy atom. The maximum absolute atomic E-state index is 12.1. The van der Waals surface area contributed by atoms with Crippen LogP contribution in [0.5, 0.6) is 11.5 Å². The summed E-state index contributed by atoms with van der Waals surface area (Å²) in [6, 6.07) is 12.3. The quantitative estimate of drug-likeness (QED) is 0.877. The van der Waals surface area contributed by atoms with Gasteiger partial charge < -0.3 is 14.8 Å². The number of rotatable bonds is 4. The Kier molecular flexibility index (Phi) is 5.90. The smallest absolute Gasteiger partial charge is 0.255 e. The number of benzene rings is 2. The lowest BCUT2D eigenvalue weighted by Gasteiger charge is -2.08. The number of hydrogen-bond acceptors (Lipinski definition) is 3. The van der Waals surface area contributed by atoms with Gasteiger partial charge in [-0.1, -0.05) is 23.4 Å². The summed E-state index contributed by atoms with van der Waals surface area (Å²) in [5.74, 6) is 6.82. The number of amides is 1. The molecule has 0 aliphatic rings. The molecule has 2 aromatic rings. The van der Waals surface area contributed by atoms with E-state index >= 15 is 0 Å². The van der Waals surface area contributed by atoms with Gasteiger partial charge >= 0.3 is 0 Å². The number of carbonyl (C=O) groups excluding carboxylic acids is 1. The average Bonchev–Trinajstić information content (AvgIpc) is 2.59. The molecule has 0 atom stereocenters. The van der Waals surface area contributed by atoms with Crippen LogP contribution < -0.4 is 14.8 Å². The van der Waals surface area contributed by atoms with Gasteiger partial charge in [0, 0.05) is 10.6 Å². The maximum atomic E-state index is 12.1. The number of halogens is 1. The molecule has 0 heterocycles. The number of nitrogens with one attached hydrogen (secondary N) is 1. The fourth-order valence-electron chi connectivity index (χ4n) is 1.90. The van der Waals surface area contributed by atoms with Gasteiger partial charge in [0.05, 0.1) is 26.3 Å². The number of methoxy groups -OCH3 is 2. The number of ether oxygens (including phenoxy) is 2.